The summed E-state index contributed by atoms with van der Waals surface area (Å²) in [7, 11) is -1.43. The molecule has 0 aromatic heterocycles. The van der Waals surface area contributed by atoms with Gasteiger partial charge in [-0.15, -0.1) is 0 Å². The van der Waals surface area contributed by atoms with Crippen molar-refractivity contribution in [3.8, 4) is 0 Å². The van der Waals surface area contributed by atoms with E-state index in [-0.39, 0.29) is 6.42 Å². The van der Waals surface area contributed by atoms with E-state index in [1.54, 1.807) is 6.08 Å². The highest BCUT2D eigenvalue weighted by Crippen LogP contribution is 2.41. The minimum absolute atomic E-state index is 0.104. The Kier molecular flexibility index (Phi) is 6.16. The first-order valence-corrected chi connectivity index (χ1v) is 8.85. The quantitative estimate of drug-likeness (QED) is 0.574. The van der Waals surface area contributed by atoms with Crippen molar-refractivity contribution in [3.63, 3.8) is 0 Å². The van der Waals surface area contributed by atoms with Gasteiger partial charge in [-0.3, -0.25) is 9.46 Å². The van der Waals surface area contributed by atoms with E-state index in [1.165, 1.54) is 18.2 Å². The van der Waals surface area contributed by atoms with E-state index < -0.39 is 44.7 Å². The first-order chi connectivity index (χ1) is 11.3. The van der Waals surface area contributed by atoms with Crippen molar-refractivity contribution in [1.29, 1.82) is 0 Å². The van der Waals surface area contributed by atoms with Crippen molar-refractivity contribution < 1.29 is 38.1 Å². The lowest BCUT2D eigenvalue weighted by atomic mass is 10.1. The van der Waals surface area contributed by atoms with Crippen LogP contribution >= 0.6 is 7.60 Å². The summed E-state index contributed by atoms with van der Waals surface area (Å²) >= 11 is 0. The van der Waals surface area contributed by atoms with E-state index >= 15 is 0 Å². The fraction of sp³-hybridized carbons (Fsp3) is 0.615. The van der Waals surface area contributed by atoms with Crippen LogP contribution < -0.4 is 5.32 Å². The molecule has 2 heterocycles. The largest absolute Gasteiger partial charge is 0.388 e. The van der Waals surface area contributed by atoms with Gasteiger partial charge in [-0.05, 0) is 6.08 Å². The Morgan fingerprint density at radius 3 is 2.83 bits per heavy atom. The van der Waals surface area contributed by atoms with Crippen LogP contribution in [-0.2, 0) is 23.3 Å². The highest BCUT2D eigenvalue weighted by molar-refractivity contribution is 7.52. The molecule has 2 amide bonds. The molecule has 5 atom stereocenters. The maximum Gasteiger partial charge on any atom is 0.353 e. The topological polar surface area (TPSA) is 127 Å². The van der Waals surface area contributed by atoms with E-state index in [1.807, 2.05) is 0 Å². The van der Waals surface area contributed by atoms with Crippen molar-refractivity contribution in [2.75, 3.05) is 20.6 Å². The minimum Gasteiger partial charge on any atom is -0.388 e. The van der Waals surface area contributed by atoms with E-state index in [0.29, 0.717) is 5.70 Å². The number of aliphatic hydroxyl groups is 1. The number of nitrogens with one attached hydrogen (secondary N) is 1. The lowest BCUT2D eigenvalue weighted by Crippen LogP contribution is -2.58. The second-order valence-corrected chi connectivity index (χ2v) is 7.16. The molecule has 11 heteroatoms. The lowest BCUT2D eigenvalue weighted by molar-refractivity contribution is -0.283. The first-order valence-electron chi connectivity index (χ1n) is 7.09. The Hall–Kier alpha value is -1.26. The summed E-state index contributed by atoms with van der Waals surface area (Å²) < 4.78 is 31.9. The average Bonchev–Trinajstić information content (AvgIpc) is 2.54. The number of methoxy groups -OCH3 is 1. The Labute approximate surface area is 139 Å². The summed E-state index contributed by atoms with van der Waals surface area (Å²) in [5.41, 5.74) is 0.426. The Morgan fingerprint density at radius 2 is 2.25 bits per heavy atom. The Morgan fingerprint density at radius 1 is 1.54 bits per heavy atom. The van der Waals surface area contributed by atoms with Gasteiger partial charge in [-0.25, -0.2) is 4.79 Å². The molecular weight excluding hydrogens is 343 g/mol. The molecule has 1 saturated heterocycles. The van der Waals surface area contributed by atoms with Crippen molar-refractivity contribution >= 4 is 13.6 Å². The molecule has 1 unspecified atom stereocenters. The van der Waals surface area contributed by atoms with Gasteiger partial charge >= 0.3 is 13.6 Å². The number of amides is 2. The highest BCUT2D eigenvalue weighted by Gasteiger charge is 2.43. The number of carbonyl (C=O) groups excluding carboxylic acids is 1. The van der Waals surface area contributed by atoms with E-state index in [2.05, 4.69) is 16.4 Å². The number of urea groups is 1. The fourth-order valence-corrected chi connectivity index (χ4v) is 2.73. The predicted molar refractivity (Wildman–Crippen MR) is 81.5 cm³/mol. The van der Waals surface area contributed by atoms with Crippen LogP contribution in [0.15, 0.2) is 24.6 Å². The van der Waals surface area contributed by atoms with Crippen LogP contribution in [0, 0.1) is 0 Å². The zero-order valence-electron chi connectivity index (χ0n) is 13.3. The molecule has 0 spiro atoms. The summed E-state index contributed by atoms with van der Waals surface area (Å²) in [6.07, 6.45) is -1.34. The molecule has 2 aliphatic rings. The fourth-order valence-electron chi connectivity index (χ4n) is 2.29. The number of carbonyl (C=O) groups is 1. The molecule has 136 valence electrons. The average molecular weight is 364 g/mol. The Bertz CT molecular complexity index is 568. The van der Waals surface area contributed by atoms with Gasteiger partial charge in [0, 0.05) is 32.5 Å². The van der Waals surface area contributed by atoms with Crippen molar-refractivity contribution in [2.45, 2.75) is 31.1 Å². The van der Waals surface area contributed by atoms with Gasteiger partial charge in [0.1, 0.15) is 12.2 Å². The van der Waals surface area contributed by atoms with E-state index in [9.17, 15) is 19.4 Å². The molecule has 2 rings (SSSR count). The van der Waals surface area contributed by atoms with Crippen LogP contribution in [0.4, 0.5) is 4.79 Å². The van der Waals surface area contributed by atoms with E-state index in [0.717, 1.165) is 7.11 Å². The standard InChI is InChI=1S/C13H21N2O8P/c1-8-4-5-15(13(17)14-8)11-10(20-2)6-9(16)12(23-11)22-7-24(18,19)21-3/h4-5,9-12,16H,1,6-7H2,2-3H3,(H,14,17)(H,18,19)/t9-,10+,11+,12-/m0/s1. The van der Waals surface area contributed by atoms with Gasteiger partial charge in [-0.1, -0.05) is 6.58 Å². The van der Waals surface area contributed by atoms with Gasteiger partial charge < -0.3 is 34.1 Å². The van der Waals surface area contributed by atoms with Crippen LogP contribution in [0.1, 0.15) is 6.42 Å². The third-order valence-corrected chi connectivity index (χ3v) is 4.63. The summed E-state index contributed by atoms with van der Waals surface area (Å²) in [5.74, 6) is 0. The second kappa shape index (κ2) is 7.75. The molecular formula is C13H21N2O8P. The molecule has 0 aliphatic carbocycles. The molecule has 0 aromatic carbocycles. The summed E-state index contributed by atoms with van der Waals surface area (Å²) in [6.45, 7) is 3.62. The monoisotopic (exact) mass is 364 g/mol. The first kappa shape index (κ1) is 19.1. The molecule has 1 fully saturated rings. The summed E-state index contributed by atoms with van der Waals surface area (Å²) in [4.78, 5) is 22.7. The molecule has 0 bridgehead atoms. The smallest absolute Gasteiger partial charge is 0.353 e. The van der Waals surface area contributed by atoms with Gasteiger partial charge in [-0.2, -0.15) is 0 Å². The maximum absolute atomic E-state index is 12.1. The normalized spacial score (nSPS) is 33.2. The SMILES string of the molecule is C=C1C=CN([C@@H]2O[C@H](OCP(=O)(O)OC)[C@@H](O)C[C@H]2OC)C(=O)N1. The summed E-state index contributed by atoms with van der Waals surface area (Å²) in [6, 6.07) is -0.477. The van der Waals surface area contributed by atoms with Crippen LogP contribution in [-0.4, -0.2) is 66.2 Å². The van der Waals surface area contributed by atoms with E-state index in [4.69, 9.17) is 14.2 Å². The number of hydrogen-bond donors (Lipinski definition) is 3. The number of aliphatic hydroxyl groups excluding tert-OH is 1. The van der Waals surface area contributed by atoms with Crippen molar-refractivity contribution in [2.24, 2.45) is 0 Å². The number of nitrogens with zero attached hydrogens (tertiary/aromatic N) is 1. The molecule has 10 nitrogen and oxygen atoms in total. The molecule has 0 radical (unpaired) electrons. The van der Waals surface area contributed by atoms with Gasteiger partial charge in [0.2, 0.25) is 0 Å². The zero-order chi connectivity index (χ0) is 17.9. The van der Waals surface area contributed by atoms with Crippen molar-refractivity contribution in [3.05, 3.63) is 24.6 Å². The highest BCUT2D eigenvalue weighted by atomic mass is 31.2. The summed E-state index contributed by atoms with van der Waals surface area (Å²) in [5, 5.41) is 12.6. The van der Waals surface area contributed by atoms with Gasteiger partial charge in [0.25, 0.3) is 0 Å². The molecule has 3 N–H and O–H groups in total. The maximum atomic E-state index is 12.1. The number of ether oxygens (including phenoxy) is 3. The molecule has 0 aromatic rings. The third kappa shape index (κ3) is 4.42. The number of allylic oxidation sites excluding steroid dienone is 1. The predicted octanol–water partition coefficient (Wildman–Crippen LogP) is 0.293. The molecule has 24 heavy (non-hydrogen) atoms. The van der Waals surface area contributed by atoms with Crippen molar-refractivity contribution in [1.82, 2.24) is 10.2 Å². The van der Waals surface area contributed by atoms with Gasteiger partial charge in [0.15, 0.2) is 18.9 Å². The van der Waals surface area contributed by atoms with Crippen LogP contribution in [0.25, 0.3) is 0 Å². The lowest BCUT2D eigenvalue weighted by Gasteiger charge is -2.42. The zero-order valence-corrected chi connectivity index (χ0v) is 14.2. The third-order valence-electron chi connectivity index (χ3n) is 3.58. The minimum atomic E-state index is -3.92. The molecule has 0 saturated carbocycles. The Balaban J connectivity index is 2.11. The number of rotatable bonds is 6. The van der Waals surface area contributed by atoms with Gasteiger partial charge in [0.05, 0.1) is 0 Å². The van der Waals surface area contributed by atoms with Crippen LogP contribution in [0.2, 0.25) is 0 Å². The molecule has 2 aliphatic heterocycles. The van der Waals surface area contributed by atoms with Crippen LogP contribution in [0.5, 0.6) is 0 Å². The second-order valence-electron chi connectivity index (χ2n) is 5.27. The number of hydrogen-bond acceptors (Lipinski definition) is 7. The van der Waals surface area contributed by atoms with Crippen LogP contribution in [0.3, 0.4) is 0 Å².